The molecule has 0 radical (unpaired) electrons. The fraction of sp³-hybridized carbons (Fsp3) is 0.273. The van der Waals surface area contributed by atoms with E-state index in [0.717, 1.165) is 16.8 Å². The third kappa shape index (κ3) is 2.92. The van der Waals surface area contributed by atoms with Gasteiger partial charge in [0.2, 0.25) is 0 Å². The number of alkyl halides is 3. The van der Waals surface area contributed by atoms with Gasteiger partial charge in [-0.15, -0.1) is 5.10 Å². The fourth-order valence-corrected chi connectivity index (χ4v) is 1.54. The van der Waals surface area contributed by atoms with Crippen LogP contribution in [0, 0.1) is 0 Å². The van der Waals surface area contributed by atoms with Crippen LogP contribution in [-0.4, -0.2) is 33.3 Å². The lowest BCUT2D eigenvalue weighted by Gasteiger charge is -2.08. The first-order valence-electron chi connectivity index (χ1n) is 5.42. The molecule has 0 saturated heterocycles. The summed E-state index contributed by atoms with van der Waals surface area (Å²) in [5.41, 5.74) is -0.656. The van der Waals surface area contributed by atoms with E-state index in [0.29, 0.717) is 0 Å². The molecule has 6 nitrogen and oxygen atoms in total. The monoisotopic (exact) mass is 286 g/mol. The van der Waals surface area contributed by atoms with Crippen molar-refractivity contribution in [1.29, 1.82) is 0 Å². The normalized spacial score (nSPS) is 11.4. The molecule has 0 atom stereocenters. The van der Waals surface area contributed by atoms with Gasteiger partial charge in [0.25, 0.3) is 0 Å². The maximum absolute atomic E-state index is 12.6. The van der Waals surface area contributed by atoms with Crippen LogP contribution in [0.2, 0.25) is 0 Å². The van der Waals surface area contributed by atoms with Crippen LogP contribution >= 0.6 is 0 Å². The van der Waals surface area contributed by atoms with Crippen molar-refractivity contribution in [2.45, 2.75) is 12.7 Å². The maximum atomic E-state index is 12.6. The van der Waals surface area contributed by atoms with E-state index in [1.807, 2.05) is 0 Å². The zero-order chi connectivity index (χ0) is 14.8. The highest BCUT2D eigenvalue weighted by atomic mass is 19.4. The molecule has 0 amide bonds. The fourth-order valence-electron chi connectivity index (χ4n) is 1.54. The zero-order valence-corrected chi connectivity index (χ0v) is 10.3. The Kier molecular flexibility index (Phi) is 3.68. The smallest absolute Gasteiger partial charge is 0.416 e. The number of ether oxygens (including phenoxy) is 1. The highest BCUT2D eigenvalue weighted by Gasteiger charge is 2.30. The van der Waals surface area contributed by atoms with Crippen molar-refractivity contribution >= 4 is 5.97 Å². The maximum Gasteiger partial charge on any atom is 0.416 e. The molecule has 9 heteroatoms. The Morgan fingerprint density at radius 3 is 2.80 bits per heavy atom. The van der Waals surface area contributed by atoms with E-state index in [2.05, 4.69) is 20.3 Å². The summed E-state index contributed by atoms with van der Waals surface area (Å²) >= 11 is 0. The molecule has 2 rings (SSSR count). The first kappa shape index (κ1) is 14.0. The highest BCUT2D eigenvalue weighted by molar-refractivity contribution is 5.70. The molecular weight excluding hydrogens is 277 g/mol. The van der Waals surface area contributed by atoms with Gasteiger partial charge in [0.05, 0.1) is 12.7 Å². The van der Waals surface area contributed by atoms with Crippen LogP contribution in [0.4, 0.5) is 13.2 Å². The second-order valence-electron chi connectivity index (χ2n) is 3.81. The number of aromatic nitrogens is 4. The first-order chi connectivity index (χ1) is 9.41. The van der Waals surface area contributed by atoms with Crippen molar-refractivity contribution in [3.63, 3.8) is 0 Å². The van der Waals surface area contributed by atoms with Crippen molar-refractivity contribution in [2.75, 3.05) is 7.11 Å². The van der Waals surface area contributed by atoms with Crippen LogP contribution in [0.1, 0.15) is 5.56 Å². The van der Waals surface area contributed by atoms with Gasteiger partial charge in [-0.25, -0.2) is 4.68 Å². The van der Waals surface area contributed by atoms with Crippen LogP contribution in [0.15, 0.2) is 24.3 Å². The van der Waals surface area contributed by atoms with E-state index >= 15 is 0 Å². The summed E-state index contributed by atoms with van der Waals surface area (Å²) in [5, 5.41) is 10.5. The Balaban J connectivity index is 2.38. The van der Waals surface area contributed by atoms with Gasteiger partial charge in [-0.05, 0) is 22.6 Å². The topological polar surface area (TPSA) is 69.9 Å². The highest BCUT2D eigenvalue weighted by Crippen LogP contribution is 2.31. The molecule has 2 aromatic rings. The van der Waals surface area contributed by atoms with Gasteiger partial charge in [-0.2, -0.15) is 13.2 Å². The number of hydrogen-bond donors (Lipinski definition) is 0. The average molecular weight is 286 g/mol. The van der Waals surface area contributed by atoms with Crippen LogP contribution in [0.5, 0.6) is 0 Å². The van der Waals surface area contributed by atoms with Crippen molar-refractivity contribution in [3.8, 4) is 11.4 Å². The molecule has 20 heavy (non-hydrogen) atoms. The number of esters is 1. The molecule has 0 fully saturated rings. The lowest BCUT2D eigenvalue weighted by atomic mass is 10.1. The molecule has 0 aliphatic carbocycles. The van der Waals surface area contributed by atoms with Crippen molar-refractivity contribution < 1.29 is 22.7 Å². The first-order valence-corrected chi connectivity index (χ1v) is 5.42. The molecule has 0 saturated carbocycles. The van der Waals surface area contributed by atoms with E-state index in [1.165, 1.54) is 19.2 Å². The van der Waals surface area contributed by atoms with E-state index < -0.39 is 17.7 Å². The summed E-state index contributed by atoms with van der Waals surface area (Å²) in [5.74, 6) is -0.549. The minimum absolute atomic E-state index is 0.0569. The second-order valence-corrected chi connectivity index (χ2v) is 3.81. The number of methoxy groups -OCH3 is 1. The van der Waals surface area contributed by atoms with Gasteiger partial charge in [-0.1, -0.05) is 12.1 Å². The van der Waals surface area contributed by atoms with Gasteiger partial charge < -0.3 is 4.74 Å². The predicted octanol–water partition coefficient (Wildman–Crippen LogP) is 1.53. The number of benzene rings is 1. The van der Waals surface area contributed by atoms with E-state index in [9.17, 15) is 18.0 Å². The third-order valence-corrected chi connectivity index (χ3v) is 2.49. The summed E-state index contributed by atoms with van der Waals surface area (Å²) in [6.07, 6.45) is -4.46. The second kappa shape index (κ2) is 5.27. The average Bonchev–Trinajstić information content (AvgIpc) is 2.86. The predicted molar refractivity (Wildman–Crippen MR) is 60.3 cm³/mol. The van der Waals surface area contributed by atoms with E-state index in [-0.39, 0.29) is 17.9 Å². The summed E-state index contributed by atoms with van der Waals surface area (Å²) in [6.45, 7) is -0.283. The van der Waals surface area contributed by atoms with Crippen LogP contribution in [0.3, 0.4) is 0 Å². The molecule has 0 aliphatic heterocycles. The Bertz CT molecular complexity index is 624. The van der Waals surface area contributed by atoms with Gasteiger partial charge in [-0.3, -0.25) is 4.79 Å². The van der Waals surface area contributed by atoms with E-state index in [4.69, 9.17) is 0 Å². The largest absolute Gasteiger partial charge is 0.468 e. The lowest BCUT2D eigenvalue weighted by molar-refractivity contribution is -0.141. The Labute approximate surface area is 111 Å². The molecule has 1 aromatic carbocycles. The zero-order valence-electron chi connectivity index (χ0n) is 10.3. The Hall–Kier alpha value is -2.45. The van der Waals surface area contributed by atoms with Crippen LogP contribution in [0.25, 0.3) is 11.4 Å². The summed E-state index contributed by atoms with van der Waals surface area (Å²) in [6, 6.07) is 4.53. The third-order valence-electron chi connectivity index (χ3n) is 2.49. The van der Waals surface area contributed by atoms with Gasteiger partial charge in [0.1, 0.15) is 6.54 Å². The van der Waals surface area contributed by atoms with Crippen LogP contribution in [-0.2, 0) is 22.3 Å². The van der Waals surface area contributed by atoms with Crippen molar-refractivity contribution in [3.05, 3.63) is 29.8 Å². The van der Waals surface area contributed by atoms with Crippen molar-refractivity contribution in [2.24, 2.45) is 0 Å². The number of hydrogen-bond acceptors (Lipinski definition) is 5. The number of rotatable bonds is 3. The van der Waals surface area contributed by atoms with Gasteiger partial charge >= 0.3 is 12.1 Å². The Morgan fingerprint density at radius 1 is 1.40 bits per heavy atom. The number of carbonyl (C=O) groups is 1. The van der Waals surface area contributed by atoms with Gasteiger partial charge in [0, 0.05) is 5.56 Å². The minimum atomic E-state index is -4.46. The molecule has 0 N–H and O–H groups in total. The standard InChI is InChI=1S/C11H9F3N4O2/c1-20-9(19)6-18-10(15-16-17-18)7-3-2-4-8(5-7)11(12,13)14/h2-5H,6H2,1H3. The van der Waals surface area contributed by atoms with Gasteiger partial charge in [0.15, 0.2) is 5.82 Å². The molecule has 0 bridgehead atoms. The van der Waals surface area contributed by atoms with Crippen LogP contribution < -0.4 is 0 Å². The number of nitrogens with zero attached hydrogens (tertiary/aromatic N) is 4. The summed E-state index contributed by atoms with van der Waals surface area (Å²) in [7, 11) is 1.19. The quantitative estimate of drug-likeness (QED) is 0.800. The summed E-state index contributed by atoms with van der Waals surface area (Å²) in [4.78, 5) is 11.2. The minimum Gasteiger partial charge on any atom is -0.468 e. The van der Waals surface area contributed by atoms with E-state index in [1.54, 1.807) is 0 Å². The number of halogens is 3. The molecule has 1 heterocycles. The Morgan fingerprint density at radius 2 is 2.15 bits per heavy atom. The summed E-state index contributed by atoms with van der Waals surface area (Å²) < 4.78 is 43.5. The molecule has 0 unspecified atom stereocenters. The molecule has 106 valence electrons. The van der Waals surface area contributed by atoms with Crippen molar-refractivity contribution in [1.82, 2.24) is 20.2 Å². The molecule has 0 spiro atoms. The number of tetrazole rings is 1. The molecule has 1 aromatic heterocycles. The molecule has 0 aliphatic rings. The lowest BCUT2D eigenvalue weighted by Crippen LogP contribution is -2.14. The molecular formula is C11H9F3N4O2. The SMILES string of the molecule is COC(=O)Cn1nnnc1-c1cccc(C(F)(F)F)c1. The number of carbonyl (C=O) groups excluding carboxylic acids is 1.